The molecule has 10 nitrogen and oxygen atoms in total. The number of benzene rings is 1. The van der Waals surface area contributed by atoms with Crippen LogP contribution in [-0.2, 0) is 19.6 Å². The molecule has 0 aromatic heterocycles. The van der Waals surface area contributed by atoms with E-state index in [0.717, 1.165) is 10.7 Å². The second kappa shape index (κ2) is 10.1. The van der Waals surface area contributed by atoms with Crippen LogP contribution >= 0.6 is 0 Å². The minimum atomic E-state index is -4.17. The molecule has 2 rings (SSSR count). The number of sulfonamides is 1. The van der Waals surface area contributed by atoms with E-state index in [1.54, 1.807) is 0 Å². The molecule has 1 aromatic rings. The monoisotopic (exact) mass is 444 g/mol. The fourth-order valence-corrected chi connectivity index (χ4v) is 4.99. The lowest BCUT2D eigenvalue weighted by Gasteiger charge is -2.25. The molecule has 3 atom stereocenters. The number of aliphatic hydroxyl groups is 1. The highest BCUT2D eigenvalue weighted by Gasteiger charge is 2.44. The molecule has 30 heavy (non-hydrogen) atoms. The summed E-state index contributed by atoms with van der Waals surface area (Å²) in [6, 6.07) is 1.67. The van der Waals surface area contributed by atoms with E-state index in [2.05, 4.69) is 5.32 Å². The van der Waals surface area contributed by atoms with Crippen molar-refractivity contribution < 1.29 is 37.7 Å². The van der Waals surface area contributed by atoms with Crippen LogP contribution in [0.4, 0.5) is 0 Å². The summed E-state index contributed by atoms with van der Waals surface area (Å²) in [7, 11) is -1.38. The number of nitrogens with zero attached hydrogens (tertiary/aromatic N) is 1. The van der Waals surface area contributed by atoms with Gasteiger partial charge in [-0.25, -0.2) is 13.2 Å². The minimum absolute atomic E-state index is 0.127. The van der Waals surface area contributed by atoms with E-state index in [9.17, 15) is 28.2 Å². The molecule has 1 heterocycles. The quantitative estimate of drug-likeness (QED) is 0.476. The van der Waals surface area contributed by atoms with Crippen molar-refractivity contribution in [2.24, 2.45) is 0 Å². The zero-order chi connectivity index (χ0) is 22.5. The number of methoxy groups -OCH3 is 2. The standard InChI is InChI=1S/C19H28N2O8S/c1-4-5-6-14(19(24)25)20-18(23)15-9-12(22)11-21(15)30(26,27)13-7-8-16(28-2)17(10-13)29-3/h7-8,10,12,14-15,22H,4-6,9,11H2,1-3H3,(H,20,23)(H,24,25)/t12-,14?,15?/m0/s1. The number of β-amino-alcohol motifs (C(OH)–C–C–N with tert-alkyl or cyclic N) is 1. The third-order valence-electron chi connectivity index (χ3n) is 4.96. The van der Waals surface area contributed by atoms with Gasteiger partial charge < -0.3 is 25.0 Å². The molecule has 168 valence electrons. The number of aliphatic carboxylic acids is 1. The molecule has 2 unspecified atom stereocenters. The molecule has 1 amide bonds. The summed E-state index contributed by atoms with van der Waals surface area (Å²) in [5.41, 5.74) is 0. The summed E-state index contributed by atoms with van der Waals surface area (Å²) < 4.78 is 37.5. The normalized spacial score (nSPS) is 20.5. The number of hydrogen-bond donors (Lipinski definition) is 3. The number of aliphatic hydroxyl groups excluding tert-OH is 1. The Balaban J connectivity index is 2.30. The Labute approximate surface area is 175 Å². The van der Waals surface area contributed by atoms with E-state index < -0.39 is 40.1 Å². The average Bonchev–Trinajstić information content (AvgIpc) is 3.12. The maximum atomic E-state index is 13.2. The third kappa shape index (κ3) is 5.21. The van der Waals surface area contributed by atoms with E-state index in [0.29, 0.717) is 12.2 Å². The number of ether oxygens (including phenoxy) is 2. The van der Waals surface area contributed by atoms with Crippen molar-refractivity contribution in [2.45, 2.75) is 55.7 Å². The zero-order valence-corrected chi connectivity index (χ0v) is 18.0. The summed E-state index contributed by atoms with van der Waals surface area (Å²) >= 11 is 0. The van der Waals surface area contributed by atoms with Crippen molar-refractivity contribution in [1.29, 1.82) is 0 Å². The summed E-state index contributed by atoms with van der Waals surface area (Å²) in [5, 5.41) is 21.8. The van der Waals surface area contributed by atoms with Crippen LogP contribution in [0, 0.1) is 0 Å². The number of carbonyl (C=O) groups is 2. The SMILES string of the molecule is CCCCC(NC(=O)C1C[C@H](O)CN1S(=O)(=O)c1ccc(OC)c(OC)c1)C(=O)O. The van der Waals surface area contributed by atoms with Crippen LogP contribution in [0.2, 0.25) is 0 Å². The van der Waals surface area contributed by atoms with Gasteiger partial charge in [-0.15, -0.1) is 0 Å². The summed E-state index contributed by atoms with van der Waals surface area (Å²) in [4.78, 5) is 24.0. The topological polar surface area (TPSA) is 142 Å². The smallest absolute Gasteiger partial charge is 0.326 e. The highest BCUT2D eigenvalue weighted by Crippen LogP contribution is 2.33. The van der Waals surface area contributed by atoms with Crippen molar-refractivity contribution in [3.63, 3.8) is 0 Å². The van der Waals surface area contributed by atoms with Crippen molar-refractivity contribution in [3.8, 4) is 11.5 Å². The number of hydrogen-bond acceptors (Lipinski definition) is 7. The molecular weight excluding hydrogens is 416 g/mol. The average molecular weight is 445 g/mol. The molecule has 1 aromatic carbocycles. The number of carboxylic acids is 1. The Morgan fingerprint density at radius 1 is 1.27 bits per heavy atom. The molecule has 0 spiro atoms. The molecular formula is C19H28N2O8S. The van der Waals surface area contributed by atoms with Crippen LogP contribution in [0.3, 0.4) is 0 Å². The maximum Gasteiger partial charge on any atom is 0.326 e. The number of amides is 1. The third-order valence-corrected chi connectivity index (χ3v) is 6.83. The summed E-state index contributed by atoms with van der Waals surface area (Å²) in [6.07, 6.45) is 0.405. The largest absolute Gasteiger partial charge is 0.493 e. The fourth-order valence-electron chi connectivity index (χ4n) is 3.33. The second-order valence-corrected chi connectivity index (χ2v) is 8.93. The molecule has 1 aliphatic rings. The Hall–Kier alpha value is -2.37. The predicted octanol–water partition coefficient (Wildman–Crippen LogP) is 0.587. The minimum Gasteiger partial charge on any atom is -0.493 e. The highest BCUT2D eigenvalue weighted by molar-refractivity contribution is 7.89. The summed E-state index contributed by atoms with van der Waals surface area (Å²) in [6.45, 7) is 1.62. The van der Waals surface area contributed by atoms with Gasteiger partial charge in [-0.05, 0) is 18.6 Å². The maximum absolute atomic E-state index is 13.2. The van der Waals surface area contributed by atoms with Crippen molar-refractivity contribution in [1.82, 2.24) is 9.62 Å². The van der Waals surface area contributed by atoms with Crippen LogP contribution in [0.25, 0.3) is 0 Å². The van der Waals surface area contributed by atoms with Gasteiger partial charge in [-0.2, -0.15) is 4.31 Å². The first-order valence-corrected chi connectivity index (χ1v) is 11.0. The van der Waals surface area contributed by atoms with Gasteiger partial charge in [-0.1, -0.05) is 19.8 Å². The van der Waals surface area contributed by atoms with Crippen LogP contribution < -0.4 is 14.8 Å². The number of unbranched alkanes of at least 4 members (excludes halogenated alkanes) is 1. The van der Waals surface area contributed by atoms with E-state index >= 15 is 0 Å². The van der Waals surface area contributed by atoms with Crippen molar-refractivity contribution >= 4 is 21.9 Å². The molecule has 0 radical (unpaired) electrons. The lowest BCUT2D eigenvalue weighted by atomic mass is 10.1. The predicted molar refractivity (Wildman–Crippen MR) is 107 cm³/mol. The fraction of sp³-hybridized carbons (Fsp3) is 0.579. The van der Waals surface area contributed by atoms with Gasteiger partial charge in [0.1, 0.15) is 12.1 Å². The van der Waals surface area contributed by atoms with Crippen LogP contribution in [0.5, 0.6) is 11.5 Å². The molecule has 1 saturated heterocycles. The molecule has 1 fully saturated rings. The number of nitrogens with one attached hydrogen (secondary N) is 1. The van der Waals surface area contributed by atoms with Gasteiger partial charge in [0, 0.05) is 19.0 Å². The van der Waals surface area contributed by atoms with Crippen molar-refractivity contribution in [2.75, 3.05) is 20.8 Å². The van der Waals surface area contributed by atoms with Crippen LogP contribution in [0.15, 0.2) is 23.1 Å². The first kappa shape index (κ1) is 23.9. The van der Waals surface area contributed by atoms with Gasteiger partial charge in [0.2, 0.25) is 15.9 Å². The van der Waals surface area contributed by atoms with Gasteiger partial charge in [-0.3, -0.25) is 4.79 Å². The summed E-state index contributed by atoms with van der Waals surface area (Å²) in [5.74, 6) is -1.40. The molecule has 1 aliphatic heterocycles. The van der Waals surface area contributed by atoms with Gasteiger partial charge in [0.15, 0.2) is 11.5 Å². The lowest BCUT2D eigenvalue weighted by Crippen LogP contribution is -2.50. The molecule has 0 aliphatic carbocycles. The molecule has 0 saturated carbocycles. The van der Waals surface area contributed by atoms with Gasteiger partial charge in [0.05, 0.1) is 25.2 Å². The highest BCUT2D eigenvalue weighted by atomic mass is 32.2. The Morgan fingerprint density at radius 2 is 1.93 bits per heavy atom. The first-order valence-electron chi connectivity index (χ1n) is 9.60. The zero-order valence-electron chi connectivity index (χ0n) is 17.2. The number of carbonyl (C=O) groups excluding carboxylic acids is 1. The number of carboxylic acid groups (broad SMARTS) is 1. The second-order valence-electron chi connectivity index (χ2n) is 7.04. The molecule has 0 bridgehead atoms. The van der Waals surface area contributed by atoms with Gasteiger partial charge in [0.25, 0.3) is 0 Å². The van der Waals surface area contributed by atoms with Crippen LogP contribution in [-0.4, -0.2) is 73.8 Å². The van der Waals surface area contributed by atoms with Crippen LogP contribution in [0.1, 0.15) is 32.6 Å². The molecule has 3 N–H and O–H groups in total. The van der Waals surface area contributed by atoms with E-state index in [1.165, 1.54) is 32.4 Å². The van der Waals surface area contributed by atoms with E-state index in [1.807, 2.05) is 6.92 Å². The lowest BCUT2D eigenvalue weighted by molar-refractivity contribution is -0.142. The Morgan fingerprint density at radius 3 is 2.50 bits per heavy atom. The van der Waals surface area contributed by atoms with E-state index in [4.69, 9.17) is 9.47 Å². The Bertz CT molecular complexity index is 873. The van der Waals surface area contributed by atoms with Gasteiger partial charge >= 0.3 is 5.97 Å². The molecule has 11 heteroatoms. The Kier molecular flexibility index (Phi) is 8.04. The van der Waals surface area contributed by atoms with E-state index in [-0.39, 0.29) is 30.0 Å². The first-order chi connectivity index (χ1) is 14.1. The van der Waals surface area contributed by atoms with Crippen molar-refractivity contribution in [3.05, 3.63) is 18.2 Å². The number of rotatable bonds is 10.